The van der Waals surface area contributed by atoms with Crippen LogP contribution in [0.4, 0.5) is 4.39 Å². The fraction of sp³-hybridized carbons (Fsp3) is 0.440. The molecule has 0 amide bonds. The van der Waals surface area contributed by atoms with Crippen LogP contribution in [0.2, 0.25) is 0 Å². The number of halogens is 1. The number of aromatic amines is 1. The van der Waals surface area contributed by atoms with Gasteiger partial charge in [0.1, 0.15) is 5.82 Å². The van der Waals surface area contributed by atoms with Crippen LogP contribution >= 0.6 is 0 Å². The Balaban J connectivity index is 1.46. The molecule has 1 saturated carbocycles. The minimum Gasteiger partial charge on any atom is -0.357 e. The number of sulfonamides is 1. The van der Waals surface area contributed by atoms with Crippen LogP contribution < -0.4 is 15.4 Å². The van der Waals surface area contributed by atoms with Crippen LogP contribution in [0.25, 0.3) is 10.9 Å². The van der Waals surface area contributed by atoms with Crippen LogP contribution in [0.3, 0.4) is 0 Å². The first kappa shape index (κ1) is 22.5. The molecule has 1 aliphatic carbocycles. The zero-order chi connectivity index (χ0) is 23.0. The fourth-order valence-electron chi connectivity index (χ4n) is 4.75. The highest BCUT2D eigenvalue weighted by atomic mass is 32.2. The van der Waals surface area contributed by atoms with Crippen molar-refractivity contribution in [3.63, 3.8) is 0 Å². The number of aromatic nitrogens is 1. The maximum absolute atomic E-state index is 14.0. The van der Waals surface area contributed by atoms with E-state index in [0.29, 0.717) is 0 Å². The number of hydrogen-bond donors (Lipinski definition) is 4. The zero-order valence-corrected chi connectivity index (χ0v) is 19.6. The summed E-state index contributed by atoms with van der Waals surface area (Å²) in [6.45, 7) is 3.06. The highest BCUT2D eigenvalue weighted by molar-refractivity contribution is 7.89. The van der Waals surface area contributed by atoms with E-state index in [1.807, 2.05) is 12.1 Å². The van der Waals surface area contributed by atoms with Crippen molar-refractivity contribution in [3.8, 4) is 0 Å². The Morgan fingerprint density at radius 1 is 1.12 bits per heavy atom. The average molecular weight is 471 g/mol. The molecular formula is C25H31FN4O2S. The van der Waals surface area contributed by atoms with Crippen LogP contribution in [-0.4, -0.2) is 32.2 Å². The molecular weight excluding hydrogens is 439 g/mol. The van der Waals surface area contributed by atoms with Gasteiger partial charge in [-0.2, -0.15) is 0 Å². The summed E-state index contributed by atoms with van der Waals surface area (Å²) in [5.41, 5.74) is 3.98. The van der Waals surface area contributed by atoms with E-state index in [0.717, 1.165) is 72.8 Å². The van der Waals surface area contributed by atoms with Crippen molar-refractivity contribution >= 4 is 20.9 Å². The molecule has 8 heteroatoms. The Labute approximate surface area is 194 Å². The fourth-order valence-corrected chi connectivity index (χ4v) is 6.06. The summed E-state index contributed by atoms with van der Waals surface area (Å²) in [4.78, 5) is 3.76. The minimum absolute atomic E-state index is 0.0417. The van der Waals surface area contributed by atoms with Crippen molar-refractivity contribution in [2.75, 3.05) is 6.54 Å². The molecule has 0 radical (unpaired) electrons. The van der Waals surface area contributed by atoms with E-state index in [4.69, 9.17) is 0 Å². The number of fused-ring (bicyclic) bond motifs is 3. The SMILES string of the molecule is CCCCN[C@H]1Cc2c([nH]c3ccc(F)cc23)[C@H](c2ccc(S(=O)(=O)NC3CCC3)cc2)N1. The Bertz CT molecular complexity index is 1240. The third kappa shape index (κ3) is 4.57. The first-order chi connectivity index (χ1) is 15.9. The number of nitrogens with one attached hydrogen (secondary N) is 4. The van der Waals surface area contributed by atoms with Crippen molar-refractivity contribution < 1.29 is 12.8 Å². The number of hydrogen-bond acceptors (Lipinski definition) is 4. The van der Waals surface area contributed by atoms with E-state index in [-0.39, 0.29) is 29.0 Å². The van der Waals surface area contributed by atoms with Gasteiger partial charge >= 0.3 is 0 Å². The molecule has 33 heavy (non-hydrogen) atoms. The zero-order valence-electron chi connectivity index (χ0n) is 18.8. The number of rotatable bonds is 8. The lowest BCUT2D eigenvalue weighted by Gasteiger charge is -2.32. The summed E-state index contributed by atoms with van der Waals surface area (Å²) in [5.74, 6) is -0.247. The van der Waals surface area contributed by atoms with Gasteiger partial charge in [-0.05, 0) is 67.3 Å². The van der Waals surface area contributed by atoms with Crippen LogP contribution in [0, 0.1) is 5.82 Å². The molecule has 5 rings (SSSR count). The highest BCUT2D eigenvalue weighted by Gasteiger charge is 2.31. The van der Waals surface area contributed by atoms with Gasteiger partial charge in [0, 0.05) is 29.1 Å². The molecule has 176 valence electrons. The van der Waals surface area contributed by atoms with Gasteiger partial charge in [0.15, 0.2) is 0 Å². The molecule has 2 atom stereocenters. The van der Waals surface area contributed by atoms with Crippen molar-refractivity contribution in [3.05, 3.63) is 65.1 Å². The average Bonchev–Trinajstić information content (AvgIpc) is 3.14. The molecule has 2 aliphatic rings. The Morgan fingerprint density at radius 3 is 2.61 bits per heavy atom. The van der Waals surface area contributed by atoms with Crippen LogP contribution in [-0.2, 0) is 16.4 Å². The van der Waals surface area contributed by atoms with E-state index in [1.165, 1.54) is 6.07 Å². The first-order valence-corrected chi connectivity index (χ1v) is 13.3. The summed E-state index contributed by atoms with van der Waals surface area (Å²) in [6, 6.07) is 11.8. The molecule has 0 spiro atoms. The van der Waals surface area contributed by atoms with Crippen LogP contribution in [0.1, 0.15) is 61.9 Å². The molecule has 0 unspecified atom stereocenters. The third-order valence-corrected chi connectivity index (χ3v) is 8.37. The summed E-state index contributed by atoms with van der Waals surface area (Å²) < 4.78 is 42.2. The van der Waals surface area contributed by atoms with Gasteiger partial charge in [-0.25, -0.2) is 17.5 Å². The van der Waals surface area contributed by atoms with Gasteiger partial charge in [0.25, 0.3) is 0 Å². The van der Waals surface area contributed by atoms with Gasteiger partial charge < -0.3 is 10.3 Å². The first-order valence-electron chi connectivity index (χ1n) is 11.9. The standard InChI is InChI=1S/C25H31FN4O2S/c1-2-3-13-27-23-15-21-20-14-17(26)9-12-22(20)28-25(21)24(29-23)16-7-10-19(11-8-16)33(31,32)30-18-5-4-6-18/h7-12,14,18,23-24,27-30H,2-6,13,15H2,1H3/t23-,24+/m1/s1. The highest BCUT2D eigenvalue weighted by Crippen LogP contribution is 2.35. The van der Waals surface area contributed by atoms with E-state index in [9.17, 15) is 12.8 Å². The topological polar surface area (TPSA) is 86.0 Å². The summed E-state index contributed by atoms with van der Waals surface area (Å²) in [5, 5.41) is 8.15. The molecule has 0 bridgehead atoms. The molecule has 1 aliphatic heterocycles. The van der Waals surface area contributed by atoms with Gasteiger partial charge in [0.2, 0.25) is 10.0 Å². The molecule has 1 fully saturated rings. The van der Waals surface area contributed by atoms with E-state index in [2.05, 4.69) is 27.3 Å². The van der Waals surface area contributed by atoms with Crippen molar-refractivity contribution in [1.29, 1.82) is 0 Å². The molecule has 4 N–H and O–H groups in total. The smallest absolute Gasteiger partial charge is 0.240 e. The van der Waals surface area contributed by atoms with Crippen LogP contribution in [0.5, 0.6) is 0 Å². The van der Waals surface area contributed by atoms with Gasteiger partial charge in [-0.3, -0.25) is 5.32 Å². The van der Waals surface area contributed by atoms with Crippen molar-refractivity contribution in [1.82, 2.24) is 20.3 Å². The predicted molar refractivity (Wildman–Crippen MR) is 128 cm³/mol. The van der Waals surface area contributed by atoms with E-state index in [1.54, 1.807) is 24.3 Å². The second-order valence-electron chi connectivity index (χ2n) is 9.19. The van der Waals surface area contributed by atoms with Gasteiger partial charge in [-0.1, -0.05) is 31.9 Å². The summed E-state index contributed by atoms with van der Waals surface area (Å²) >= 11 is 0. The second kappa shape index (κ2) is 9.18. The summed E-state index contributed by atoms with van der Waals surface area (Å²) in [6.07, 6.45) is 5.86. The predicted octanol–water partition coefficient (Wildman–Crippen LogP) is 4.09. The number of unbranched alkanes of at least 4 members (excludes halogenated alkanes) is 1. The minimum atomic E-state index is -3.51. The maximum atomic E-state index is 14.0. The van der Waals surface area contributed by atoms with E-state index < -0.39 is 10.0 Å². The van der Waals surface area contributed by atoms with Gasteiger partial charge in [-0.15, -0.1) is 0 Å². The lowest BCUT2D eigenvalue weighted by Crippen LogP contribution is -2.49. The molecule has 2 aromatic carbocycles. The molecule has 1 aromatic heterocycles. The van der Waals surface area contributed by atoms with Crippen molar-refractivity contribution in [2.45, 2.75) is 68.6 Å². The third-order valence-electron chi connectivity index (χ3n) is 6.84. The summed E-state index contributed by atoms with van der Waals surface area (Å²) in [7, 11) is -3.51. The lowest BCUT2D eigenvalue weighted by molar-refractivity contribution is 0.368. The molecule has 3 aromatic rings. The maximum Gasteiger partial charge on any atom is 0.240 e. The number of H-pyrrole nitrogens is 1. The normalized spacial score (nSPS) is 21.2. The van der Waals surface area contributed by atoms with E-state index >= 15 is 0 Å². The molecule has 6 nitrogen and oxygen atoms in total. The number of benzene rings is 2. The largest absolute Gasteiger partial charge is 0.357 e. The van der Waals surface area contributed by atoms with Gasteiger partial charge in [0.05, 0.1) is 17.1 Å². The lowest BCUT2D eigenvalue weighted by atomic mass is 9.92. The Hall–Kier alpha value is -2.26. The quantitative estimate of drug-likeness (QED) is 0.374. The van der Waals surface area contributed by atoms with Crippen molar-refractivity contribution in [2.24, 2.45) is 0 Å². The molecule has 0 saturated heterocycles. The second-order valence-corrected chi connectivity index (χ2v) is 10.9. The Morgan fingerprint density at radius 2 is 1.91 bits per heavy atom. The van der Waals surface area contributed by atoms with Crippen LogP contribution in [0.15, 0.2) is 47.4 Å². The molecule has 2 heterocycles. The Kier molecular flexibility index (Phi) is 6.26. The monoisotopic (exact) mass is 470 g/mol.